The highest BCUT2D eigenvalue weighted by Crippen LogP contribution is 2.56. The molecule has 14 rings (SSSR count). The van der Waals surface area contributed by atoms with Crippen LogP contribution in [0.25, 0.3) is 100 Å². The van der Waals surface area contributed by atoms with Gasteiger partial charge < -0.3 is 4.57 Å². The molecule has 0 amide bonds. The zero-order valence-electron chi connectivity index (χ0n) is 37.7. The van der Waals surface area contributed by atoms with Gasteiger partial charge in [-0.25, -0.2) is 4.98 Å². The van der Waals surface area contributed by atoms with Crippen molar-refractivity contribution in [2.24, 2.45) is 0 Å². The largest absolute Gasteiger partial charge is 0.309 e. The van der Waals surface area contributed by atoms with Crippen LogP contribution in [-0.2, 0) is 5.41 Å². The number of para-hydroxylation sites is 2. The van der Waals surface area contributed by atoms with Gasteiger partial charge in [0.25, 0.3) is 0 Å². The van der Waals surface area contributed by atoms with E-state index in [1.54, 1.807) is 0 Å². The summed E-state index contributed by atoms with van der Waals surface area (Å²) in [5, 5.41) is 4.61. The number of rotatable bonds is 7. The number of benzene rings is 9. The molecule has 0 spiro atoms. The Morgan fingerprint density at radius 3 is 1.59 bits per heavy atom. The summed E-state index contributed by atoms with van der Waals surface area (Å²) in [6, 6.07) is 78.7. The Morgan fingerprint density at radius 1 is 0.377 bits per heavy atom. The molecule has 0 radical (unpaired) electrons. The van der Waals surface area contributed by atoms with Gasteiger partial charge >= 0.3 is 0 Å². The molecule has 12 aromatic rings. The van der Waals surface area contributed by atoms with Crippen molar-refractivity contribution < 1.29 is 0 Å². The Bertz CT molecular complexity index is 3960. The molecule has 0 N–H and O–H groups in total. The second-order valence-corrected chi connectivity index (χ2v) is 18.2. The van der Waals surface area contributed by atoms with Crippen LogP contribution in [0.2, 0.25) is 0 Å². The van der Waals surface area contributed by atoms with Crippen LogP contribution in [0.1, 0.15) is 29.5 Å². The summed E-state index contributed by atoms with van der Waals surface area (Å²) in [6.07, 6.45) is 9.17. The van der Waals surface area contributed by atoms with E-state index in [-0.39, 0.29) is 0 Å². The number of hydrogen-bond acceptors (Lipinski definition) is 3. The predicted molar refractivity (Wildman–Crippen MR) is 283 cm³/mol. The summed E-state index contributed by atoms with van der Waals surface area (Å²) in [6.45, 7) is 0. The molecule has 324 valence electrons. The van der Waals surface area contributed by atoms with Crippen LogP contribution in [-0.4, -0.2) is 24.1 Å². The van der Waals surface area contributed by atoms with Crippen LogP contribution < -0.4 is 0 Å². The number of nitrogens with zero attached hydrogens (tertiary/aromatic N) is 5. The van der Waals surface area contributed by atoms with Crippen LogP contribution in [0.5, 0.6) is 0 Å². The maximum absolute atomic E-state index is 5.65. The molecule has 4 heterocycles. The Balaban J connectivity index is 1.11. The second-order valence-electron chi connectivity index (χ2n) is 18.2. The van der Waals surface area contributed by atoms with Crippen molar-refractivity contribution in [3.05, 3.63) is 259 Å². The molecular weight excluding hydrogens is 839 g/mol. The van der Waals surface area contributed by atoms with Gasteiger partial charge in [0.2, 0.25) is 5.95 Å². The van der Waals surface area contributed by atoms with Crippen molar-refractivity contribution >= 4 is 43.6 Å². The fourth-order valence-electron chi connectivity index (χ4n) is 11.4. The SMILES string of the molecule is C1=CC(C2(c3ccccc3)c3ccccc3-n3c4ccccc4c4cc(-c5nc(-c6ccccc6)nc(-n6c7cc(-c8ccccc8)ccc7c7ccc(-c8ccccc8)cc76)n5)cc2c43)=CCC1. The summed E-state index contributed by atoms with van der Waals surface area (Å²) >= 11 is 0. The number of hydrogen-bond donors (Lipinski definition) is 0. The van der Waals surface area contributed by atoms with Crippen molar-refractivity contribution in [1.29, 1.82) is 0 Å². The first kappa shape index (κ1) is 39.3. The first-order chi connectivity index (χ1) is 34.2. The molecule has 5 heteroatoms. The summed E-state index contributed by atoms with van der Waals surface area (Å²) in [5.74, 6) is 1.78. The first-order valence-electron chi connectivity index (χ1n) is 23.8. The van der Waals surface area contributed by atoms with Crippen molar-refractivity contribution in [2.45, 2.75) is 18.3 Å². The van der Waals surface area contributed by atoms with Gasteiger partial charge in [0.1, 0.15) is 0 Å². The number of allylic oxidation sites excluding steroid dienone is 4. The predicted octanol–water partition coefficient (Wildman–Crippen LogP) is 15.7. The first-order valence-corrected chi connectivity index (χ1v) is 23.8. The Morgan fingerprint density at radius 2 is 0.942 bits per heavy atom. The van der Waals surface area contributed by atoms with E-state index in [0.717, 1.165) is 73.4 Å². The fraction of sp³-hybridized carbons (Fsp3) is 0.0469. The standard InChI is InChI=1S/C64H43N5/c1-6-20-42(21-7-1)45-34-36-51-52-37-35-46(43-22-8-2-9-23-43)41-59(52)69(58(51)40-45)63-66-61(44-24-10-3-11-25-44)65-62(67-63)47-38-53-50-30-16-18-32-56(50)68-57-33-19-17-31-54(57)64(55(39-47)60(53)68,48-26-12-4-13-27-48)49-28-14-5-15-29-49/h1-4,6-14,16-41H,5,15H2. The molecule has 5 nitrogen and oxygen atoms in total. The molecule has 1 unspecified atom stereocenters. The van der Waals surface area contributed by atoms with Gasteiger partial charge in [0.15, 0.2) is 11.6 Å². The molecule has 0 fully saturated rings. The van der Waals surface area contributed by atoms with Crippen molar-refractivity contribution in [1.82, 2.24) is 24.1 Å². The third-order valence-electron chi connectivity index (χ3n) is 14.5. The van der Waals surface area contributed by atoms with Crippen LogP contribution >= 0.6 is 0 Å². The normalized spacial score (nSPS) is 15.2. The van der Waals surface area contributed by atoms with E-state index in [0.29, 0.717) is 17.6 Å². The average molecular weight is 882 g/mol. The average Bonchev–Trinajstić information content (AvgIpc) is 3.95. The lowest BCUT2D eigenvalue weighted by atomic mass is 9.61. The summed E-state index contributed by atoms with van der Waals surface area (Å²) < 4.78 is 4.76. The third kappa shape index (κ3) is 6.00. The number of fused-ring (bicyclic) bond motifs is 8. The van der Waals surface area contributed by atoms with Gasteiger partial charge in [-0.05, 0) is 93.8 Å². The minimum absolute atomic E-state index is 0.558. The van der Waals surface area contributed by atoms with E-state index in [9.17, 15) is 0 Å². The monoisotopic (exact) mass is 881 g/mol. The third-order valence-corrected chi connectivity index (χ3v) is 14.5. The molecule has 2 aliphatic rings. The molecule has 1 aliphatic carbocycles. The highest BCUT2D eigenvalue weighted by molar-refractivity contribution is 6.14. The molecule has 0 bridgehead atoms. The smallest absolute Gasteiger partial charge is 0.238 e. The quantitative estimate of drug-likeness (QED) is 0.160. The highest BCUT2D eigenvalue weighted by Gasteiger charge is 2.46. The Labute approximate surface area is 399 Å². The maximum Gasteiger partial charge on any atom is 0.238 e. The van der Waals surface area contributed by atoms with Crippen molar-refractivity contribution in [3.8, 4) is 56.7 Å². The molecule has 69 heavy (non-hydrogen) atoms. The van der Waals surface area contributed by atoms with E-state index >= 15 is 0 Å². The zero-order valence-corrected chi connectivity index (χ0v) is 37.7. The molecule has 1 aliphatic heterocycles. The van der Waals surface area contributed by atoms with Gasteiger partial charge in [-0.3, -0.25) is 4.57 Å². The molecular formula is C64H43N5. The van der Waals surface area contributed by atoms with Crippen LogP contribution in [0, 0.1) is 0 Å². The van der Waals surface area contributed by atoms with E-state index in [1.165, 1.54) is 44.4 Å². The van der Waals surface area contributed by atoms with Crippen molar-refractivity contribution in [3.63, 3.8) is 0 Å². The van der Waals surface area contributed by atoms with Gasteiger partial charge in [-0.1, -0.05) is 200 Å². The van der Waals surface area contributed by atoms with E-state index in [1.807, 2.05) is 6.07 Å². The summed E-state index contributed by atoms with van der Waals surface area (Å²) in [4.78, 5) is 16.6. The highest BCUT2D eigenvalue weighted by atomic mass is 15.2. The van der Waals surface area contributed by atoms with Crippen molar-refractivity contribution in [2.75, 3.05) is 0 Å². The van der Waals surface area contributed by atoms with E-state index < -0.39 is 5.41 Å². The van der Waals surface area contributed by atoms with Gasteiger partial charge in [-0.2, -0.15) is 9.97 Å². The van der Waals surface area contributed by atoms with Crippen LogP contribution in [0.15, 0.2) is 242 Å². The fourth-order valence-corrected chi connectivity index (χ4v) is 11.4. The van der Waals surface area contributed by atoms with Gasteiger partial charge in [0, 0.05) is 32.7 Å². The summed E-state index contributed by atoms with van der Waals surface area (Å²) in [7, 11) is 0. The van der Waals surface area contributed by atoms with Crippen LogP contribution in [0.4, 0.5) is 0 Å². The van der Waals surface area contributed by atoms with Gasteiger partial charge in [0.05, 0.1) is 33.2 Å². The lowest BCUT2D eigenvalue weighted by Crippen LogP contribution is -2.36. The van der Waals surface area contributed by atoms with E-state index in [2.05, 4.69) is 240 Å². The topological polar surface area (TPSA) is 48.5 Å². The Kier molecular flexibility index (Phi) is 8.86. The lowest BCUT2D eigenvalue weighted by molar-refractivity contribution is 0.715. The molecule has 0 saturated carbocycles. The molecule has 1 atom stereocenters. The maximum atomic E-state index is 5.65. The van der Waals surface area contributed by atoms with E-state index in [4.69, 9.17) is 15.0 Å². The summed E-state index contributed by atoms with van der Waals surface area (Å²) in [5.41, 5.74) is 16.3. The molecule has 0 saturated heterocycles. The van der Waals surface area contributed by atoms with Gasteiger partial charge in [-0.15, -0.1) is 0 Å². The van der Waals surface area contributed by atoms with Crippen LogP contribution in [0.3, 0.4) is 0 Å². The lowest BCUT2D eigenvalue weighted by Gasteiger charge is -2.43. The zero-order chi connectivity index (χ0) is 45.5. The minimum Gasteiger partial charge on any atom is -0.309 e. The minimum atomic E-state index is -0.639. The number of aromatic nitrogens is 5. The molecule has 9 aromatic carbocycles. The second kappa shape index (κ2) is 15.6. The molecule has 3 aromatic heterocycles. The Hall–Kier alpha value is -8.93.